The smallest absolute Gasteiger partial charge is 0.408 e. The Balaban J connectivity index is 1.22. The van der Waals surface area contributed by atoms with Crippen LogP contribution < -0.4 is 10.6 Å². The maximum atomic E-state index is 14.1. The first-order valence-corrected chi connectivity index (χ1v) is 17.8. The van der Waals surface area contributed by atoms with Crippen LogP contribution in [0.2, 0.25) is 0 Å². The van der Waals surface area contributed by atoms with Crippen molar-refractivity contribution in [3.63, 3.8) is 0 Å². The minimum Gasteiger partial charge on any atom is -0.461 e. The van der Waals surface area contributed by atoms with Gasteiger partial charge in [0.05, 0.1) is 6.42 Å². The molecule has 3 atom stereocenters. The second-order valence-electron chi connectivity index (χ2n) is 14.8. The number of benzene rings is 3. The molecule has 3 unspecified atom stereocenters. The van der Waals surface area contributed by atoms with Crippen molar-refractivity contribution in [1.82, 2.24) is 15.5 Å². The Labute approximate surface area is 296 Å². The molecular formula is C41H51N3O6. The fraction of sp³-hybridized carbons (Fsp3) is 0.463. The number of ether oxygens (including phenoxy) is 2. The Bertz CT molecular complexity index is 1610. The van der Waals surface area contributed by atoms with Crippen molar-refractivity contribution >= 4 is 23.9 Å². The average molecular weight is 682 g/mol. The quantitative estimate of drug-likeness (QED) is 0.209. The van der Waals surface area contributed by atoms with E-state index < -0.39 is 29.7 Å². The average Bonchev–Trinajstić information content (AvgIpc) is 3.38. The van der Waals surface area contributed by atoms with Gasteiger partial charge in [0, 0.05) is 13.1 Å². The number of likely N-dealkylation sites (tertiary alicyclic amines) is 1. The maximum Gasteiger partial charge on any atom is 0.408 e. The summed E-state index contributed by atoms with van der Waals surface area (Å²) in [4.78, 5) is 54.5. The molecule has 2 N–H and O–H groups in total. The Kier molecular flexibility index (Phi) is 12.0. The molecule has 1 fully saturated rings. The van der Waals surface area contributed by atoms with E-state index in [9.17, 15) is 19.2 Å². The molecular weight excluding hydrogens is 630 g/mol. The topological polar surface area (TPSA) is 114 Å². The summed E-state index contributed by atoms with van der Waals surface area (Å²) in [5.74, 6) is -0.698. The van der Waals surface area contributed by atoms with Crippen molar-refractivity contribution in [2.75, 3.05) is 13.1 Å². The summed E-state index contributed by atoms with van der Waals surface area (Å²) < 4.78 is 11.0. The van der Waals surface area contributed by atoms with E-state index in [1.807, 2.05) is 59.5 Å². The molecule has 5 rings (SSSR count). The second kappa shape index (κ2) is 16.4. The van der Waals surface area contributed by atoms with Gasteiger partial charge in [0.1, 0.15) is 24.3 Å². The summed E-state index contributed by atoms with van der Waals surface area (Å²) in [7, 11) is 0. The van der Waals surface area contributed by atoms with Crippen LogP contribution in [0.4, 0.5) is 4.79 Å². The molecule has 3 aromatic rings. The summed E-state index contributed by atoms with van der Waals surface area (Å²) in [5, 5.41) is 5.53. The number of carbonyl (C=O) groups is 4. The molecule has 2 aliphatic rings. The third-order valence-corrected chi connectivity index (χ3v) is 9.84. The van der Waals surface area contributed by atoms with Crippen LogP contribution in [0.1, 0.15) is 94.4 Å². The zero-order valence-corrected chi connectivity index (χ0v) is 29.8. The first-order valence-electron chi connectivity index (χ1n) is 17.8. The fourth-order valence-electron chi connectivity index (χ4n) is 7.32. The number of aryl methyl sites for hydroxylation is 1. The number of nitrogens with zero attached hydrogens (tertiary/aromatic N) is 1. The number of hydrogen-bond donors (Lipinski definition) is 2. The molecule has 1 aliphatic heterocycles. The number of carbonyl (C=O) groups excluding carboxylic acids is 4. The van der Waals surface area contributed by atoms with Crippen molar-refractivity contribution in [2.24, 2.45) is 0 Å². The van der Waals surface area contributed by atoms with Gasteiger partial charge in [0.25, 0.3) is 0 Å². The van der Waals surface area contributed by atoms with Crippen molar-refractivity contribution in [1.29, 1.82) is 0 Å². The molecule has 9 heteroatoms. The first-order chi connectivity index (χ1) is 23.9. The van der Waals surface area contributed by atoms with Crippen LogP contribution in [0.3, 0.4) is 0 Å². The van der Waals surface area contributed by atoms with Crippen molar-refractivity contribution in [2.45, 2.75) is 108 Å². The molecule has 3 aromatic carbocycles. The molecule has 266 valence electrons. The van der Waals surface area contributed by atoms with Crippen LogP contribution in [0.5, 0.6) is 0 Å². The number of esters is 1. The predicted octanol–water partition coefficient (Wildman–Crippen LogP) is 6.59. The highest BCUT2D eigenvalue weighted by molar-refractivity contribution is 5.91. The standard InChI is InChI=1S/C41H51N3O6/c1-29(42-39(48)50-40(2,3)4)37(46)43-35(21-13-18-30-14-7-5-8-15-30)38(47)44-24-22-41(23-25-44)27-32(33-19-11-12-20-34(33)41)26-36(45)49-28-31-16-9-6-10-17-31/h5-12,14-17,19-20,29,32,35H,13,18,21-28H2,1-4H3,(H,42,48)(H,43,46). The Morgan fingerprint density at radius 2 is 1.48 bits per heavy atom. The van der Waals surface area contributed by atoms with Crippen molar-refractivity contribution < 1.29 is 28.7 Å². The van der Waals surface area contributed by atoms with Gasteiger partial charge in [0.2, 0.25) is 11.8 Å². The summed E-state index contributed by atoms with van der Waals surface area (Å²) >= 11 is 0. The number of fused-ring (bicyclic) bond motifs is 2. The van der Waals surface area contributed by atoms with E-state index in [-0.39, 0.29) is 29.8 Å². The van der Waals surface area contributed by atoms with Crippen LogP contribution in [-0.4, -0.2) is 59.6 Å². The molecule has 0 radical (unpaired) electrons. The van der Waals surface area contributed by atoms with E-state index in [2.05, 4.69) is 41.0 Å². The molecule has 0 bridgehead atoms. The summed E-state index contributed by atoms with van der Waals surface area (Å²) in [6.07, 6.45) is 3.96. The van der Waals surface area contributed by atoms with Crippen LogP contribution in [0.15, 0.2) is 84.9 Å². The lowest BCUT2D eigenvalue weighted by atomic mass is 9.73. The van der Waals surface area contributed by atoms with Gasteiger partial charge in [-0.25, -0.2) is 4.79 Å². The number of alkyl carbamates (subject to hydrolysis) is 1. The molecule has 1 aliphatic carbocycles. The van der Waals surface area contributed by atoms with Gasteiger partial charge in [-0.3, -0.25) is 14.4 Å². The number of amides is 3. The van der Waals surface area contributed by atoms with Crippen molar-refractivity contribution in [3.8, 4) is 0 Å². The van der Waals surface area contributed by atoms with Gasteiger partial charge in [-0.15, -0.1) is 0 Å². The van der Waals surface area contributed by atoms with Gasteiger partial charge in [0.15, 0.2) is 0 Å². The van der Waals surface area contributed by atoms with E-state index >= 15 is 0 Å². The van der Waals surface area contributed by atoms with Crippen LogP contribution >= 0.6 is 0 Å². The number of nitrogens with one attached hydrogen (secondary N) is 2. The molecule has 50 heavy (non-hydrogen) atoms. The molecule has 3 amide bonds. The Morgan fingerprint density at radius 3 is 2.14 bits per heavy atom. The van der Waals surface area contributed by atoms with E-state index in [1.54, 1.807) is 27.7 Å². The lowest BCUT2D eigenvalue weighted by Crippen LogP contribution is -2.55. The third kappa shape index (κ3) is 9.73. The van der Waals surface area contributed by atoms with E-state index in [0.717, 1.165) is 31.2 Å². The van der Waals surface area contributed by atoms with Gasteiger partial charge in [-0.2, -0.15) is 0 Å². The lowest BCUT2D eigenvalue weighted by Gasteiger charge is -2.41. The van der Waals surface area contributed by atoms with Crippen LogP contribution in [-0.2, 0) is 42.3 Å². The van der Waals surface area contributed by atoms with Crippen molar-refractivity contribution in [3.05, 3.63) is 107 Å². The molecule has 9 nitrogen and oxygen atoms in total. The Morgan fingerprint density at radius 1 is 0.860 bits per heavy atom. The largest absolute Gasteiger partial charge is 0.461 e. The monoisotopic (exact) mass is 681 g/mol. The number of rotatable bonds is 12. The first kappa shape index (κ1) is 36.6. The molecule has 0 aromatic heterocycles. The second-order valence-corrected chi connectivity index (χ2v) is 14.8. The highest BCUT2D eigenvalue weighted by Gasteiger charge is 2.47. The zero-order chi connectivity index (χ0) is 35.7. The minimum absolute atomic E-state index is 0.0562. The Hall–Kier alpha value is -4.66. The van der Waals surface area contributed by atoms with Crippen LogP contribution in [0, 0.1) is 0 Å². The molecule has 0 saturated carbocycles. The maximum absolute atomic E-state index is 14.1. The normalized spacial score (nSPS) is 17.7. The van der Waals surface area contributed by atoms with E-state index in [4.69, 9.17) is 9.47 Å². The molecule has 1 spiro atoms. The summed E-state index contributed by atoms with van der Waals surface area (Å²) in [6, 6.07) is 26.5. The summed E-state index contributed by atoms with van der Waals surface area (Å²) in [6.45, 7) is 8.22. The van der Waals surface area contributed by atoms with Gasteiger partial charge in [-0.1, -0.05) is 84.9 Å². The van der Waals surface area contributed by atoms with Crippen LogP contribution in [0.25, 0.3) is 0 Å². The minimum atomic E-state index is -0.884. The van der Waals surface area contributed by atoms with Gasteiger partial charge < -0.3 is 25.0 Å². The lowest BCUT2D eigenvalue weighted by molar-refractivity contribution is -0.145. The summed E-state index contributed by atoms with van der Waals surface area (Å²) in [5.41, 5.74) is 3.76. The zero-order valence-electron chi connectivity index (χ0n) is 29.8. The molecule has 1 saturated heterocycles. The number of hydrogen-bond acceptors (Lipinski definition) is 6. The predicted molar refractivity (Wildman–Crippen MR) is 192 cm³/mol. The van der Waals surface area contributed by atoms with Gasteiger partial charge in [-0.05, 0) is 99.8 Å². The van der Waals surface area contributed by atoms with Gasteiger partial charge >= 0.3 is 12.1 Å². The van der Waals surface area contributed by atoms with E-state index in [1.165, 1.54) is 16.7 Å². The third-order valence-electron chi connectivity index (χ3n) is 9.84. The fourth-order valence-corrected chi connectivity index (χ4v) is 7.32. The van der Waals surface area contributed by atoms with E-state index in [0.29, 0.717) is 32.4 Å². The highest BCUT2D eigenvalue weighted by Crippen LogP contribution is 2.52. The highest BCUT2D eigenvalue weighted by atomic mass is 16.6. The SMILES string of the molecule is CC(NC(=O)OC(C)(C)C)C(=O)NC(CCCc1ccccc1)C(=O)N1CCC2(CC1)CC(CC(=O)OCc1ccccc1)c1ccccc12. The number of piperidine rings is 1. The molecule has 1 heterocycles.